The van der Waals surface area contributed by atoms with E-state index in [2.05, 4.69) is 5.32 Å². The van der Waals surface area contributed by atoms with Crippen LogP contribution in [0, 0.1) is 17.0 Å². The Morgan fingerprint density at radius 1 is 1.06 bits per heavy atom. The van der Waals surface area contributed by atoms with Crippen LogP contribution in [0.2, 0.25) is 0 Å². The molecule has 3 aromatic carbocycles. The minimum absolute atomic E-state index is 0.0231. The number of aryl methyl sites for hydroxylation is 1. The number of benzene rings is 3. The molecule has 1 fully saturated rings. The number of nitrogens with zero attached hydrogens (tertiary/aromatic N) is 2. The number of hydrogen-bond acceptors (Lipinski definition) is 7. The lowest BCUT2D eigenvalue weighted by Crippen LogP contribution is -2.40. The van der Waals surface area contributed by atoms with Crippen LogP contribution in [0.25, 0.3) is 0 Å². The number of rotatable bonds is 7. The quantitative estimate of drug-likeness (QED) is 0.386. The van der Waals surface area contributed by atoms with E-state index in [-0.39, 0.29) is 40.7 Å². The number of carbonyl (C=O) groups is 1. The standard InChI is InChI=1S/C24H23N3O7S/c1-17-7-8-18(15-22(17)27(29)30)24(28)25-21-16-20(35(31,32)26-11-13-33-14-12-26)9-10-23(21)34-19-5-3-2-4-6-19/h2-10,15-16H,11-14H2,1H3,(H,25,28). The highest BCUT2D eigenvalue weighted by molar-refractivity contribution is 7.89. The first-order valence-corrected chi connectivity index (χ1v) is 12.2. The van der Waals surface area contributed by atoms with Crippen LogP contribution in [0.4, 0.5) is 11.4 Å². The maximum Gasteiger partial charge on any atom is 0.273 e. The Labute approximate surface area is 202 Å². The molecule has 35 heavy (non-hydrogen) atoms. The largest absolute Gasteiger partial charge is 0.455 e. The van der Waals surface area contributed by atoms with Gasteiger partial charge in [0.15, 0.2) is 5.75 Å². The monoisotopic (exact) mass is 497 g/mol. The average Bonchev–Trinajstić information content (AvgIpc) is 2.86. The molecule has 1 N–H and O–H groups in total. The van der Waals surface area contributed by atoms with Gasteiger partial charge in [-0.2, -0.15) is 4.31 Å². The van der Waals surface area contributed by atoms with Crippen LogP contribution in [0.5, 0.6) is 11.5 Å². The summed E-state index contributed by atoms with van der Waals surface area (Å²) < 4.78 is 38.8. The molecule has 0 spiro atoms. The molecule has 4 rings (SSSR count). The highest BCUT2D eigenvalue weighted by Crippen LogP contribution is 2.33. The van der Waals surface area contributed by atoms with Crippen molar-refractivity contribution in [3.63, 3.8) is 0 Å². The number of morpholine rings is 1. The van der Waals surface area contributed by atoms with E-state index in [1.54, 1.807) is 31.2 Å². The third-order valence-electron chi connectivity index (χ3n) is 5.45. The van der Waals surface area contributed by atoms with Gasteiger partial charge in [0.05, 0.1) is 28.7 Å². The molecule has 1 aliphatic heterocycles. The summed E-state index contributed by atoms with van der Waals surface area (Å²) in [6.07, 6.45) is 0. The Hall–Kier alpha value is -3.80. The molecule has 1 amide bonds. The van der Waals surface area contributed by atoms with Crippen LogP contribution in [0.3, 0.4) is 0 Å². The van der Waals surface area contributed by atoms with Crippen molar-refractivity contribution >= 4 is 27.3 Å². The molecule has 0 radical (unpaired) electrons. The third kappa shape index (κ3) is 5.48. The van der Waals surface area contributed by atoms with Crippen molar-refractivity contribution in [2.24, 2.45) is 0 Å². The molecule has 11 heteroatoms. The SMILES string of the molecule is Cc1ccc(C(=O)Nc2cc(S(=O)(=O)N3CCOCC3)ccc2Oc2ccccc2)cc1[N+](=O)[O-]. The Kier molecular flexibility index (Phi) is 7.10. The van der Waals surface area contributed by atoms with Crippen molar-refractivity contribution in [2.75, 3.05) is 31.6 Å². The summed E-state index contributed by atoms with van der Waals surface area (Å²) in [4.78, 5) is 23.7. The second-order valence-electron chi connectivity index (χ2n) is 7.80. The molecule has 0 bridgehead atoms. The summed E-state index contributed by atoms with van der Waals surface area (Å²) in [5, 5.41) is 13.9. The molecule has 1 heterocycles. The fourth-order valence-corrected chi connectivity index (χ4v) is 4.98. The van der Waals surface area contributed by atoms with Gasteiger partial charge in [0.2, 0.25) is 10.0 Å². The molecule has 3 aromatic rings. The van der Waals surface area contributed by atoms with Gasteiger partial charge in [0, 0.05) is 30.3 Å². The maximum absolute atomic E-state index is 13.2. The molecule has 10 nitrogen and oxygen atoms in total. The number of nitro groups is 1. The lowest BCUT2D eigenvalue weighted by Gasteiger charge is -2.26. The van der Waals surface area contributed by atoms with Crippen molar-refractivity contribution in [2.45, 2.75) is 11.8 Å². The van der Waals surface area contributed by atoms with Crippen molar-refractivity contribution in [3.8, 4) is 11.5 Å². The number of nitrogens with one attached hydrogen (secondary N) is 1. The molecular formula is C24H23N3O7S. The topological polar surface area (TPSA) is 128 Å². The molecule has 0 atom stereocenters. The van der Waals surface area contributed by atoms with E-state index in [1.165, 1.54) is 40.7 Å². The second-order valence-corrected chi connectivity index (χ2v) is 9.74. The molecular weight excluding hydrogens is 474 g/mol. The molecule has 1 aliphatic rings. The van der Waals surface area contributed by atoms with Gasteiger partial charge in [-0.1, -0.05) is 24.3 Å². The molecule has 0 aromatic heterocycles. The zero-order valence-electron chi connectivity index (χ0n) is 18.8. The highest BCUT2D eigenvalue weighted by atomic mass is 32.2. The first-order valence-electron chi connectivity index (χ1n) is 10.8. The van der Waals surface area contributed by atoms with Crippen LogP contribution in [-0.4, -0.2) is 49.9 Å². The van der Waals surface area contributed by atoms with Crippen LogP contribution in [-0.2, 0) is 14.8 Å². The summed E-state index contributed by atoms with van der Waals surface area (Å²) in [7, 11) is -3.84. The van der Waals surface area contributed by atoms with E-state index >= 15 is 0 Å². The van der Waals surface area contributed by atoms with Gasteiger partial charge in [-0.25, -0.2) is 8.42 Å². The van der Waals surface area contributed by atoms with E-state index in [1.807, 2.05) is 6.07 Å². The van der Waals surface area contributed by atoms with Crippen molar-refractivity contribution in [1.82, 2.24) is 4.31 Å². The Morgan fingerprint density at radius 2 is 1.77 bits per heavy atom. The van der Waals surface area contributed by atoms with Gasteiger partial charge in [0.1, 0.15) is 5.75 Å². The number of sulfonamides is 1. The fourth-order valence-electron chi connectivity index (χ4n) is 3.55. The normalized spacial score (nSPS) is 14.3. The van der Waals surface area contributed by atoms with E-state index in [9.17, 15) is 23.3 Å². The smallest absolute Gasteiger partial charge is 0.273 e. The zero-order valence-corrected chi connectivity index (χ0v) is 19.7. The van der Waals surface area contributed by atoms with E-state index in [0.717, 1.165) is 0 Å². The van der Waals surface area contributed by atoms with E-state index < -0.39 is 20.9 Å². The number of para-hydroxylation sites is 1. The summed E-state index contributed by atoms with van der Waals surface area (Å²) in [6, 6.07) is 17.1. The second kappa shape index (κ2) is 10.2. The lowest BCUT2D eigenvalue weighted by atomic mass is 10.1. The van der Waals surface area contributed by atoms with Crippen LogP contribution < -0.4 is 10.1 Å². The van der Waals surface area contributed by atoms with Gasteiger partial charge < -0.3 is 14.8 Å². The maximum atomic E-state index is 13.2. The number of hydrogen-bond donors (Lipinski definition) is 1. The summed E-state index contributed by atoms with van der Waals surface area (Å²) >= 11 is 0. The zero-order chi connectivity index (χ0) is 25.0. The summed E-state index contributed by atoms with van der Waals surface area (Å²) in [6.45, 7) is 2.61. The van der Waals surface area contributed by atoms with Crippen LogP contribution >= 0.6 is 0 Å². The van der Waals surface area contributed by atoms with Gasteiger partial charge in [0.25, 0.3) is 11.6 Å². The minimum Gasteiger partial charge on any atom is -0.455 e. The van der Waals surface area contributed by atoms with Crippen LogP contribution in [0.1, 0.15) is 15.9 Å². The summed E-state index contributed by atoms with van der Waals surface area (Å²) in [5.74, 6) is 0.0526. The van der Waals surface area contributed by atoms with E-state index in [4.69, 9.17) is 9.47 Å². The average molecular weight is 498 g/mol. The van der Waals surface area contributed by atoms with Gasteiger partial charge >= 0.3 is 0 Å². The van der Waals surface area contributed by atoms with Gasteiger partial charge in [-0.05, 0) is 43.3 Å². The fraction of sp³-hybridized carbons (Fsp3) is 0.208. The number of nitro benzene ring substituents is 1. The van der Waals surface area contributed by atoms with Gasteiger partial charge in [-0.15, -0.1) is 0 Å². The number of amides is 1. The first kappa shape index (κ1) is 24.3. The molecule has 0 unspecified atom stereocenters. The molecule has 1 saturated heterocycles. The Balaban J connectivity index is 1.70. The highest BCUT2D eigenvalue weighted by Gasteiger charge is 2.27. The minimum atomic E-state index is -3.84. The summed E-state index contributed by atoms with van der Waals surface area (Å²) in [5.41, 5.74) is 0.381. The third-order valence-corrected chi connectivity index (χ3v) is 7.34. The van der Waals surface area contributed by atoms with Crippen molar-refractivity contribution < 1.29 is 27.6 Å². The Morgan fingerprint density at radius 3 is 2.46 bits per heavy atom. The molecule has 182 valence electrons. The number of carbonyl (C=O) groups excluding carboxylic acids is 1. The predicted octanol–water partition coefficient (Wildman–Crippen LogP) is 3.97. The van der Waals surface area contributed by atoms with E-state index in [0.29, 0.717) is 24.5 Å². The predicted molar refractivity (Wildman–Crippen MR) is 128 cm³/mol. The van der Waals surface area contributed by atoms with Crippen molar-refractivity contribution in [1.29, 1.82) is 0 Å². The van der Waals surface area contributed by atoms with Crippen LogP contribution in [0.15, 0.2) is 71.6 Å². The number of ether oxygens (including phenoxy) is 2. The lowest BCUT2D eigenvalue weighted by molar-refractivity contribution is -0.385. The molecule has 0 aliphatic carbocycles. The first-order chi connectivity index (χ1) is 16.8. The van der Waals surface area contributed by atoms with Crippen molar-refractivity contribution in [3.05, 3.63) is 88.0 Å². The number of anilines is 1. The Bertz CT molecular complexity index is 1350. The van der Waals surface area contributed by atoms with Gasteiger partial charge in [-0.3, -0.25) is 14.9 Å². The molecule has 0 saturated carbocycles.